The number of aryl methyl sites for hydroxylation is 1. The number of aliphatic carboxylic acids is 1. The molecule has 6 nitrogen and oxygen atoms in total. The van der Waals surface area contributed by atoms with E-state index in [9.17, 15) is 4.79 Å². The van der Waals surface area contributed by atoms with Gasteiger partial charge in [-0.15, -0.1) is 10.2 Å². The fraction of sp³-hybridized carbons (Fsp3) is 0.786. The Balaban J connectivity index is 2.21. The highest BCUT2D eigenvalue weighted by Crippen LogP contribution is 2.31. The van der Waals surface area contributed by atoms with Crippen molar-refractivity contribution in [2.24, 2.45) is 0 Å². The van der Waals surface area contributed by atoms with E-state index in [-0.39, 0.29) is 5.75 Å². The first kappa shape index (κ1) is 16.3. The molecule has 0 saturated carbocycles. The number of hydrogen-bond donors (Lipinski definition) is 1. The zero-order valence-electron chi connectivity index (χ0n) is 12.9. The highest BCUT2D eigenvalue weighted by atomic mass is 32.2. The number of aromatic nitrogens is 3. The highest BCUT2D eigenvalue weighted by molar-refractivity contribution is 7.99. The maximum atomic E-state index is 10.8. The van der Waals surface area contributed by atoms with Gasteiger partial charge in [0.2, 0.25) is 0 Å². The first-order valence-electron chi connectivity index (χ1n) is 7.51. The smallest absolute Gasteiger partial charge is 0.313 e. The van der Waals surface area contributed by atoms with Gasteiger partial charge in [-0.1, -0.05) is 18.7 Å². The molecule has 1 N–H and O–H groups in total. The molecule has 0 aliphatic carbocycles. The van der Waals surface area contributed by atoms with Crippen LogP contribution in [0, 0.1) is 0 Å². The third-order valence-electron chi connectivity index (χ3n) is 4.08. The average molecular weight is 312 g/mol. The van der Waals surface area contributed by atoms with Crippen LogP contribution in [0.5, 0.6) is 0 Å². The fourth-order valence-corrected chi connectivity index (χ4v) is 3.54. The Labute approximate surface area is 129 Å². The number of thioether (sulfide) groups is 1. The molecule has 7 heteroatoms. The molecule has 1 aliphatic rings. The molecule has 1 saturated heterocycles. The van der Waals surface area contributed by atoms with Crippen LogP contribution in [-0.2, 0) is 11.2 Å². The number of carboxylic acid groups (broad SMARTS) is 1. The van der Waals surface area contributed by atoms with Crippen LogP contribution in [-0.4, -0.2) is 56.1 Å². The maximum Gasteiger partial charge on any atom is 0.313 e. The largest absolute Gasteiger partial charge is 0.481 e. The second kappa shape index (κ2) is 7.26. The van der Waals surface area contributed by atoms with Crippen LogP contribution in [0.25, 0.3) is 0 Å². The summed E-state index contributed by atoms with van der Waals surface area (Å²) in [5, 5.41) is 18.1. The molecule has 118 valence electrons. The third kappa shape index (κ3) is 3.97. The van der Waals surface area contributed by atoms with Crippen molar-refractivity contribution >= 4 is 17.7 Å². The van der Waals surface area contributed by atoms with Gasteiger partial charge in [-0.3, -0.25) is 4.79 Å². The van der Waals surface area contributed by atoms with E-state index in [0.717, 1.165) is 43.2 Å². The molecular weight excluding hydrogens is 288 g/mol. The number of rotatable bonds is 6. The number of hydrogen-bond acceptors (Lipinski definition) is 5. The fourth-order valence-electron chi connectivity index (χ4n) is 2.79. The molecule has 2 unspecified atom stereocenters. The van der Waals surface area contributed by atoms with Crippen molar-refractivity contribution in [3.8, 4) is 0 Å². The minimum Gasteiger partial charge on any atom is -0.481 e. The van der Waals surface area contributed by atoms with Gasteiger partial charge in [0.15, 0.2) is 5.16 Å². The lowest BCUT2D eigenvalue weighted by Crippen LogP contribution is -2.39. The molecule has 1 fully saturated rings. The Kier molecular flexibility index (Phi) is 5.64. The van der Waals surface area contributed by atoms with Crippen LogP contribution in [0.2, 0.25) is 0 Å². The number of carbonyl (C=O) groups is 1. The van der Waals surface area contributed by atoms with Crippen molar-refractivity contribution in [1.82, 2.24) is 19.7 Å². The van der Waals surface area contributed by atoms with Gasteiger partial charge < -0.3 is 14.6 Å². The van der Waals surface area contributed by atoms with Gasteiger partial charge in [-0.25, -0.2) is 0 Å². The Hall–Kier alpha value is -1.08. The molecule has 0 amide bonds. The first-order valence-corrected chi connectivity index (χ1v) is 8.50. The standard InChI is InChI=1S/C14H24N4O2S/c1-4-5-12-15-16-14(21-9-13(19)20)18(12)11-6-7-17(3)10(2)8-11/h10-11H,4-9H2,1-3H3,(H,19,20). The normalized spacial score (nSPS) is 23.4. The number of carboxylic acids is 1. The Bertz CT molecular complexity index is 491. The first-order chi connectivity index (χ1) is 10.0. The van der Waals surface area contributed by atoms with E-state index in [0.29, 0.717) is 12.1 Å². The number of piperidine rings is 1. The van der Waals surface area contributed by atoms with E-state index in [1.165, 1.54) is 11.8 Å². The highest BCUT2D eigenvalue weighted by Gasteiger charge is 2.28. The van der Waals surface area contributed by atoms with Crippen LogP contribution in [0.4, 0.5) is 0 Å². The lowest BCUT2D eigenvalue weighted by Gasteiger charge is -2.36. The second-order valence-corrected chi connectivity index (χ2v) is 6.65. The summed E-state index contributed by atoms with van der Waals surface area (Å²) in [5.41, 5.74) is 0. The van der Waals surface area contributed by atoms with Crippen molar-refractivity contribution in [3.63, 3.8) is 0 Å². The number of likely N-dealkylation sites (tertiary alicyclic amines) is 1. The molecule has 0 aromatic carbocycles. The molecule has 0 spiro atoms. The zero-order valence-corrected chi connectivity index (χ0v) is 13.8. The van der Waals surface area contributed by atoms with E-state index in [2.05, 4.69) is 40.6 Å². The Morgan fingerprint density at radius 1 is 1.48 bits per heavy atom. The summed E-state index contributed by atoms with van der Waals surface area (Å²) in [4.78, 5) is 13.2. The van der Waals surface area contributed by atoms with Gasteiger partial charge in [-0.05, 0) is 33.2 Å². The van der Waals surface area contributed by atoms with Crippen molar-refractivity contribution in [2.45, 2.75) is 56.8 Å². The van der Waals surface area contributed by atoms with Gasteiger partial charge >= 0.3 is 5.97 Å². The molecule has 0 bridgehead atoms. The second-order valence-electron chi connectivity index (χ2n) is 5.71. The topological polar surface area (TPSA) is 71.2 Å². The monoisotopic (exact) mass is 312 g/mol. The van der Waals surface area contributed by atoms with E-state index in [1.54, 1.807) is 0 Å². The maximum absolute atomic E-state index is 10.8. The van der Waals surface area contributed by atoms with Gasteiger partial charge in [0.05, 0.1) is 5.75 Å². The molecule has 2 atom stereocenters. The predicted molar refractivity (Wildman–Crippen MR) is 82.7 cm³/mol. The number of nitrogens with zero attached hydrogens (tertiary/aromatic N) is 4. The van der Waals surface area contributed by atoms with Gasteiger partial charge in [0.25, 0.3) is 0 Å². The summed E-state index contributed by atoms with van der Waals surface area (Å²) < 4.78 is 2.20. The summed E-state index contributed by atoms with van der Waals surface area (Å²) in [6.45, 7) is 5.42. The molecule has 1 aromatic heterocycles. The summed E-state index contributed by atoms with van der Waals surface area (Å²) in [6.07, 6.45) is 4.04. The van der Waals surface area contributed by atoms with Crippen LogP contribution >= 0.6 is 11.8 Å². The molecular formula is C14H24N4O2S. The molecule has 0 radical (unpaired) electrons. The predicted octanol–water partition coefficient (Wildman–Crippen LogP) is 2.06. The van der Waals surface area contributed by atoms with Crippen molar-refractivity contribution in [2.75, 3.05) is 19.3 Å². The Morgan fingerprint density at radius 2 is 2.24 bits per heavy atom. The van der Waals surface area contributed by atoms with E-state index < -0.39 is 5.97 Å². The SMILES string of the molecule is CCCc1nnc(SCC(=O)O)n1C1CCN(C)C(C)C1. The van der Waals surface area contributed by atoms with Gasteiger partial charge in [0, 0.05) is 25.0 Å². The molecule has 2 rings (SSSR count). The van der Waals surface area contributed by atoms with Crippen molar-refractivity contribution in [1.29, 1.82) is 0 Å². The van der Waals surface area contributed by atoms with E-state index >= 15 is 0 Å². The zero-order chi connectivity index (χ0) is 15.4. The van der Waals surface area contributed by atoms with Crippen LogP contribution in [0.1, 0.15) is 45.0 Å². The van der Waals surface area contributed by atoms with Crippen molar-refractivity contribution in [3.05, 3.63) is 5.82 Å². The summed E-state index contributed by atoms with van der Waals surface area (Å²) in [7, 11) is 2.15. The van der Waals surface area contributed by atoms with Crippen LogP contribution in [0.3, 0.4) is 0 Å². The minimum atomic E-state index is -0.816. The summed E-state index contributed by atoms with van der Waals surface area (Å²) in [6, 6.07) is 0.905. The minimum absolute atomic E-state index is 0.0342. The van der Waals surface area contributed by atoms with Gasteiger partial charge in [-0.2, -0.15) is 0 Å². The lowest BCUT2D eigenvalue weighted by molar-refractivity contribution is -0.133. The quantitative estimate of drug-likeness (QED) is 0.811. The van der Waals surface area contributed by atoms with E-state index in [4.69, 9.17) is 5.11 Å². The molecule has 2 heterocycles. The van der Waals surface area contributed by atoms with E-state index in [1.807, 2.05) is 0 Å². The average Bonchev–Trinajstić information content (AvgIpc) is 2.83. The van der Waals surface area contributed by atoms with Crippen molar-refractivity contribution < 1.29 is 9.90 Å². The Morgan fingerprint density at radius 3 is 2.86 bits per heavy atom. The molecule has 1 aliphatic heterocycles. The van der Waals surface area contributed by atoms with Crippen LogP contribution < -0.4 is 0 Å². The third-order valence-corrected chi connectivity index (χ3v) is 5.01. The molecule has 21 heavy (non-hydrogen) atoms. The summed E-state index contributed by atoms with van der Waals surface area (Å²) >= 11 is 1.27. The van der Waals surface area contributed by atoms with Crippen LogP contribution in [0.15, 0.2) is 5.16 Å². The summed E-state index contributed by atoms with van der Waals surface area (Å²) in [5.74, 6) is 0.211. The lowest BCUT2D eigenvalue weighted by atomic mass is 9.98. The molecule has 1 aromatic rings. The van der Waals surface area contributed by atoms with Gasteiger partial charge in [0.1, 0.15) is 5.82 Å².